The zero-order chi connectivity index (χ0) is 20.5. The highest BCUT2D eigenvalue weighted by molar-refractivity contribution is 5.91. The first kappa shape index (κ1) is 20.9. The standard InChI is InChI=1S/C20H22N2O6/c1-21(13-17(23)14-28-19-9-7-18(27-2)8-10-19)20(24)11-6-15-4-3-5-16(12-15)22(25)26/h3-12,17,23H,13-14H2,1-2H3/b11-6+/t17-/m0/s1. The van der Waals surface area contributed by atoms with Gasteiger partial charge in [-0.1, -0.05) is 12.1 Å². The van der Waals surface area contributed by atoms with Crippen molar-refractivity contribution in [2.24, 2.45) is 0 Å². The first-order chi connectivity index (χ1) is 13.4. The second-order valence-electron chi connectivity index (χ2n) is 6.04. The summed E-state index contributed by atoms with van der Waals surface area (Å²) in [7, 11) is 3.12. The van der Waals surface area contributed by atoms with Crippen LogP contribution in [0.4, 0.5) is 5.69 Å². The maximum atomic E-state index is 12.2. The molecule has 0 saturated heterocycles. The number of amides is 1. The summed E-state index contributed by atoms with van der Waals surface area (Å²) in [4.78, 5) is 23.8. The Hall–Kier alpha value is -3.39. The highest BCUT2D eigenvalue weighted by Gasteiger charge is 2.13. The Morgan fingerprint density at radius 2 is 1.93 bits per heavy atom. The van der Waals surface area contributed by atoms with Gasteiger partial charge < -0.3 is 19.5 Å². The lowest BCUT2D eigenvalue weighted by Gasteiger charge is -2.20. The number of non-ortho nitro benzene ring substituents is 1. The minimum absolute atomic E-state index is 0.0263. The topological polar surface area (TPSA) is 102 Å². The molecule has 1 amide bonds. The summed E-state index contributed by atoms with van der Waals surface area (Å²) in [5, 5.41) is 20.8. The highest BCUT2D eigenvalue weighted by atomic mass is 16.6. The molecule has 0 aliphatic rings. The molecule has 2 aromatic rings. The van der Waals surface area contributed by atoms with Crippen LogP contribution in [0.3, 0.4) is 0 Å². The molecule has 2 aromatic carbocycles. The molecule has 148 valence electrons. The number of aliphatic hydroxyl groups excluding tert-OH is 1. The lowest BCUT2D eigenvalue weighted by Crippen LogP contribution is -2.36. The molecule has 28 heavy (non-hydrogen) atoms. The number of carbonyl (C=O) groups is 1. The van der Waals surface area contributed by atoms with Crippen LogP contribution in [0.15, 0.2) is 54.6 Å². The van der Waals surface area contributed by atoms with E-state index in [0.29, 0.717) is 17.1 Å². The lowest BCUT2D eigenvalue weighted by atomic mass is 10.2. The van der Waals surface area contributed by atoms with Crippen molar-refractivity contribution in [3.05, 3.63) is 70.3 Å². The summed E-state index contributed by atoms with van der Waals surface area (Å²) in [5.74, 6) is 0.947. The molecule has 1 N–H and O–H groups in total. The first-order valence-electron chi connectivity index (χ1n) is 8.51. The van der Waals surface area contributed by atoms with Crippen molar-refractivity contribution in [2.45, 2.75) is 6.10 Å². The third kappa shape index (κ3) is 6.40. The Morgan fingerprint density at radius 3 is 2.57 bits per heavy atom. The third-order valence-electron chi connectivity index (χ3n) is 3.86. The highest BCUT2D eigenvalue weighted by Crippen LogP contribution is 2.17. The van der Waals surface area contributed by atoms with E-state index in [1.54, 1.807) is 50.6 Å². The number of methoxy groups -OCH3 is 1. The monoisotopic (exact) mass is 386 g/mol. The van der Waals surface area contributed by atoms with Crippen LogP contribution in [0.5, 0.6) is 11.5 Å². The SMILES string of the molecule is COc1ccc(OC[C@@H](O)CN(C)C(=O)/C=C/c2cccc([N+](=O)[O-])c2)cc1. The molecule has 2 rings (SSSR count). The summed E-state index contributed by atoms with van der Waals surface area (Å²) >= 11 is 0. The van der Waals surface area contributed by atoms with E-state index < -0.39 is 11.0 Å². The Balaban J connectivity index is 1.83. The van der Waals surface area contributed by atoms with Crippen molar-refractivity contribution < 1.29 is 24.3 Å². The van der Waals surface area contributed by atoms with Crippen LogP contribution in [0, 0.1) is 10.1 Å². The van der Waals surface area contributed by atoms with Crippen LogP contribution in [-0.2, 0) is 4.79 Å². The molecule has 1 atom stereocenters. The Labute approximate surface area is 162 Å². The van der Waals surface area contributed by atoms with Gasteiger partial charge in [-0.05, 0) is 35.9 Å². The number of nitrogens with zero attached hydrogens (tertiary/aromatic N) is 2. The fourth-order valence-corrected chi connectivity index (χ4v) is 2.36. The van der Waals surface area contributed by atoms with E-state index in [2.05, 4.69) is 0 Å². The van der Waals surface area contributed by atoms with Crippen LogP contribution in [0.2, 0.25) is 0 Å². The number of likely N-dealkylation sites (N-methyl/N-ethyl adjacent to an activating group) is 1. The van der Waals surface area contributed by atoms with E-state index in [4.69, 9.17) is 9.47 Å². The summed E-state index contributed by atoms with van der Waals surface area (Å²) < 4.78 is 10.5. The van der Waals surface area contributed by atoms with Crippen molar-refractivity contribution in [1.29, 1.82) is 0 Å². The maximum absolute atomic E-state index is 12.2. The van der Waals surface area contributed by atoms with Gasteiger partial charge in [-0.25, -0.2) is 0 Å². The molecule has 0 aliphatic carbocycles. The molecule has 0 fully saturated rings. The van der Waals surface area contributed by atoms with Crippen LogP contribution in [-0.4, -0.2) is 54.3 Å². The van der Waals surface area contributed by atoms with Gasteiger partial charge in [-0.2, -0.15) is 0 Å². The first-order valence-corrected chi connectivity index (χ1v) is 8.51. The number of ether oxygens (including phenoxy) is 2. The molecule has 0 bridgehead atoms. The predicted octanol–water partition coefficient (Wildman–Crippen LogP) is 2.51. The maximum Gasteiger partial charge on any atom is 0.270 e. The number of hydrogen-bond donors (Lipinski definition) is 1. The van der Waals surface area contributed by atoms with Gasteiger partial charge in [0.05, 0.1) is 12.0 Å². The fraction of sp³-hybridized carbons (Fsp3) is 0.250. The second kappa shape index (κ2) is 10.1. The van der Waals surface area contributed by atoms with Gasteiger partial charge in [-0.3, -0.25) is 14.9 Å². The Bertz CT molecular complexity index is 835. The van der Waals surface area contributed by atoms with E-state index in [1.807, 2.05) is 0 Å². The molecule has 0 unspecified atom stereocenters. The normalized spacial score (nSPS) is 11.8. The number of nitro groups is 1. The van der Waals surface area contributed by atoms with Crippen LogP contribution in [0.25, 0.3) is 6.08 Å². The molecule has 0 saturated carbocycles. The summed E-state index contributed by atoms with van der Waals surface area (Å²) in [6, 6.07) is 12.9. The second-order valence-corrected chi connectivity index (χ2v) is 6.04. The summed E-state index contributed by atoms with van der Waals surface area (Å²) in [5.41, 5.74) is 0.494. The average Bonchev–Trinajstić information content (AvgIpc) is 2.71. The van der Waals surface area contributed by atoms with Gasteiger partial charge in [0, 0.05) is 31.8 Å². The van der Waals surface area contributed by atoms with Gasteiger partial charge in [0.2, 0.25) is 5.91 Å². The number of aliphatic hydroxyl groups is 1. The molecule has 0 aliphatic heterocycles. The van der Waals surface area contributed by atoms with Crippen molar-refractivity contribution in [1.82, 2.24) is 4.90 Å². The molecule has 0 aromatic heterocycles. The van der Waals surface area contributed by atoms with Crippen LogP contribution < -0.4 is 9.47 Å². The minimum Gasteiger partial charge on any atom is -0.497 e. The van der Waals surface area contributed by atoms with Gasteiger partial charge in [0.15, 0.2) is 0 Å². The largest absolute Gasteiger partial charge is 0.497 e. The van der Waals surface area contributed by atoms with E-state index in [9.17, 15) is 20.0 Å². The third-order valence-corrected chi connectivity index (χ3v) is 3.86. The number of rotatable bonds is 9. The Morgan fingerprint density at radius 1 is 1.25 bits per heavy atom. The van der Waals surface area contributed by atoms with Gasteiger partial charge in [-0.15, -0.1) is 0 Å². The van der Waals surface area contributed by atoms with Gasteiger partial charge in [0.1, 0.15) is 24.2 Å². The molecule has 8 heteroatoms. The quantitative estimate of drug-likeness (QED) is 0.404. The van der Waals surface area contributed by atoms with Crippen molar-refractivity contribution >= 4 is 17.7 Å². The predicted molar refractivity (Wildman–Crippen MR) is 104 cm³/mol. The van der Waals surface area contributed by atoms with Crippen molar-refractivity contribution in [3.8, 4) is 11.5 Å². The fourth-order valence-electron chi connectivity index (χ4n) is 2.36. The number of benzene rings is 2. The van der Waals surface area contributed by atoms with E-state index >= 15 is 0 Å². The number of nitro benzene ring substituents is 1. The van der Waals surface area contributed by atoms with E-state index in [0.717, 1.165) is 0 Å². The molecule has 0 heterocycles. The summed E-state index contributed by atoms with van der Waals surface area (Å²) in [6.45, 7) is 0.104. The smallest absolute Gasteiger partial charge is 0.270 e. The van der Waals surface area contributed by atoms with Crippen molar-refractivity contribution in [2.75, 3.05) is 27.3 Å². The zero-order valence-corrected chi connectivity index (χ0v) is 15.6. The molecular formula is C20H22N2O6. The molecule has 0 radical (unpaired) electrons. The summed E-state index contributed by atoms with van der Waals surface area (Å²) in [6.07, 6.45) is 1.92. The molecule has 8 nitrogen and oxygen atoms in total. The molecular weight excluding hydrogens is 364 g/mol. The van der Waals surface area contributed by atoms with Gasteiger partial charge >= 0.3 is 0 Å². The minimum atomic E-state index is -0.873. The molecule has 0 spiro atoms. The van der Waals surface area contributed by atoms with E-state index in [1.165, 1.54) is 29.2 Å². The van der Waals surface area contributed by atoms with Gasteiger partial charge in [0.25, 0.3) is 5.69 Å². The van der Waals surface area contributed by atoms with Crippen molar-refractivity contribution in [3.63, 3.8) is 0 Å². The number of carbonyl (C=O) groups excluding carboxylic acids is 1. The Kier molecular flexibility index (Phi) is 7.53. The van der Waals surface area contributed by atoms with Crippen LogP contribution in [0.1, 0.15) is 5.56 Å². The number of hydrogen-bond acceptors (Lipinski definition) is 6. The zero-order valence-electron chi connectivity index (χ0n) is 15.6. The lowest BCUT2D eigenvalue weighted by molar-refractivity contribution is -0.384. The van der Waals surface area contributed by atoms with E-state index in [-0.39, 0.29) is 24.7 Å². The average molecular weight is 386 g/mol. The van der Waals surface area contributed by atoms with Crippen LogP contribution >= 0.6 is 0 Å².